The van der Waals surface area contributed by atoms with Crippen molar-refractivity contribution in [3.63, 3.8) is 0 Å². The fraction of sp³-hybridized carbons (Fsp3) is 0.588. The summed E-state index contributed by atoms with van der Waals surface area (Å²) in [6.07, 6.45) is 3.84. The second-order valence-electron chi connectivity index (χ2n) is 7.64. The lowest BCUT2D eigenvalue weighted by molar-refractivity contribution is 0.132. The highest BCUT2D eigenvalue weighted by molar-refractivity contribution is 7.80. The van der Waals surface area contributed by atoms with Gasteiger partial charge in [0.2, 0.25) is 0 Å². The first-order valence-corrected chi connectivity index (χ1v) is 7.91. The van der Waals surface area contributed by atoms with Crippen molar-refractivity contribution in [3.8, 4) is 0 Å². The van der Waals surface area contributed by atoms with Gasteiger partial charge in [-0.15, -0.1) is 0 Å². The summed E-state index contributed by atoms with van der Waals surface area (Å²) < 4.78 is 0. The maximum Gasteiger partial charge on any atom is 0.173 e. The summed E-state index contributed by atoms with van der Waals surface area (Å²) >= 11 is 5.66. The first kappa shape index (κ1) is 13.9. The van der Waals surface area contributed by atoms with Gasteiger partial charge in [0.15, 0.2) is 5.11 Å². The van der Waals surface area contributed by atoms with Crippen molar-refractivity contribution in [1.29, 1.82) is 0 Å². The minimum atomic E-state index is 0.425. The Bertz CT molecular complexity index is 511. The number of fused-ring (bicyclic) bond motifs is 2. The molecule has 0 radical (unpaired) electrons. The lowest BCUT2D eigenvalue weighted by atomic mass is 9.65. The Balaban J connectivity index is 1.74. The molecule has 2 bridgehead atoms. The predicted molar refractivity (Wildman–Crippen MR) is 88.9 cm³/mol. The van der Waals surface area contributed by atoms with Crippen LogP contribution in [0.3, 0.4) is 0 Å². The van der Waals surface area contributed by atoms with Gasteiger partial charge in [-0.3, -0.25) is 0 Å². The normalized spacial score (nSPS) is 31.1. The third kappa shape index (κ3) is 2.69. The second kappa shape index (κ2) is 4.73. The Morgan fingerprint density at radius 3 is 2.60 bits per heavy atom. The summed E-state index contributed by atoms with van der Waals surface area (Å²) in [5, 5.41) is 4.29. The SMILES string of the molecule is CC1(C)C[C@H]2C[C@](C)(CN2C(=S)Nc2ccccc2)C1. The first-order valence-electron chi connectivity index (χ1n) is 7.50. The maximum absolute atomic E-state index is 5.66. The van der Waals surface area contributed by atoms with Crippen LogP contribution in [0.15, 0.2) is 30.3 Å². The molecule has 0 spiro atoms. The van der Waals surface area contributed by atoms with Crippen LogP contribution in [0.25, 0.3) is 0 Å². The van der Waals surface area contributed by atoms with Crippen molar-refractivity contribution in [2.45, 2.75) is 46.1 Å². The number of benzene rings is 1. The lowest BCUT2D eigenvalue weighted by Crippen LogP contribution is -2.39. The Hall–Kier alpha value is -1.09. The van der Waals surface area contributed by atoms with Crippen LogP contribution in [0.5, 0.6) is 0 Å². The highest BCUT2D eigenvalue weighted by Crippen LogP contribution is 2.52. The van der Waals surface area contributed by atoms with Gasteiger partial charge in [0.1, 0.15) is 0 Å². The summed E-state index contributed by atoms with van der Waals surface area (Å²) in [4.78, 5) is 2.43. The molecule has 1 saturated carbocycles. The molecule has 2 aliphatic rings. The van der Waals surface area contributed by atoms with Crippen LogP contribution in [0.2, 0.25) is 0 Å². The first-order chi connectivity index (χ1) is 9.37. The number of rotatable bonds is 1. The molecule has 20 heavy (non-hydrogen) atoms. The maximum atomic E-state index is 5.66. The van der Waals surface area contributed by atoms with Crippen LogP contribution in [-0.2, 0) is 0 Å². The van der Waals surface area contributed by atoms with E-state index in [9.17, 15) is 0 Å². The van der Waals surface area contributed by atoms with Gasteiger partial charge in [-0.1, -0.05) is 39.0 Å². The number of likely N-dealkylation sites (tertiary alicyclic amines) is 1. The molecule has 1 aliphatic carbocycles. The van der Waals surface area contributed by atoms with Gasteiger partial charge < -0.3 is 10.2 Å². The summed E-state index contributed by atoms with van der Waals surface area (Å²) in [5.41, 5.74) is 1.95. The van der Waals surface area contributed by atoms with Gasteiger partial charge in [-0.2, -0.15) is 0 Å². The molecule has 108 valence electrons. The molecule has 1 N–H and O–H groups in total. The van der Waals surface area contributed by atoms with Crippen molar-refractivity contribution in [1.82, 2.24) is 4.90 Å². The van der Waals surface area contributed by atoms with E-state index in [0.717, 1.165) is 17.3 Å². The van der Waals surface area contributed by atoms with E-state index < -0.39 is 0 Å². The minimum absolute atomic E-state index is 0.425. The van der Waals surface area contributed by atoms with Crippen LogP contribution in [0.1, 0.15) is 40.0 Å². The van der Waals surface area contributed by atoms with Crippen molar-refractivity contribution in [2.75, 3.05) is 11.9 Å². The van der Waals surface area contributed by atoms with Gasteiger partial charge in [-0.25, -0.2) is 0 Å². The fourth-order valence-corrected chi connectivity index (χ4v) is 4.75. The third-order valence-corrected chi connectivity index (χ3v) is 5.04. The zero-order valence-electron chi connectivity index (χ0n) is 12.6. The fourth-order valence-electron chi connectivity index (χ4n) is 4.41. The van der Waals surface area contributed by atoms with E-state index in [0.29, 0.717) is 16.9 Å². The van der Waals surface area contributed by atoms with Crippen LogP contribution in [-0.4, -0.2) is 22.6 Å². The molecular formula is C17H24N2S. The average molecular weight is 288 g/mol. The smallest absolute Gasteiger partial charge is 0.173 e. The van der Waals surface area contributed by atoms with E-state index in [4.69, 9.17) is 12.2 Å². The standard InChI is InChI=1S/C17H24N2S/c1-16(2)9-14-10-17(3,11-16)12-19(14)15(20)18-13-7-5-4-6-8-13/h4-8,14H,9-12H2,1-3H3,(H,18,20)/t14-,17-/m0/s1. The number of hydrogen-bond acceptors (Lipinski definition) is 1. The minimum Gasteiger partial charge on any atom is -0.345 e. The van der Waals surface area contributed by atoms with Gasteiger partial charge >= 0.3 is 0 Å². The number of para-hydroxylation sites is 1. The largest absolute Gasteiger partial charge is 0.345 e. The molecule has 1 aliphatic heterocycles. The second-order valence-corrected chi connectivity index (χ2v) is 8.02. The van der Waals surface area contributed by atoms with Crippen LogP contribution < -0.4 is 5.32 Å². The molecule has 1 saturated heterocycles. The molecule has 2 atom stereocenters. The quantitative estimate of drug-likeness (QED) is 0.776. The zero-order chi connectivity index (χ0) is 14.4. The number of nitrogens with zero attached hydrogens (tertiary/aromatic N) is 1. The number of thiocarbonyl (C=S) groups is 1. The molecule has 0 amide bonds. The summed E-state index contributed by atoms with van der Waals surface area (Å²) in [6.45, 7) is 8.31. The average Bonchev–Trinajstić information content (AvgIpc) is 2.60. The lowest BCUT2D eigenvalue weighted by Gasteiger charge is -2.39. The topological polar surface area (TPSA) is 15.3 Å². The van der Waals surface area contributed by atoms with Crippen LogP contribution in [0, 0.1) is 10.8 Å². The molecular weight excluding hydrogens is 264 g/mol. The van der Waals surface area contributed by atoms with Crippen molar-refractivity contribution >= 4 is 23.0 Å². The predicted octanol–water partition coefficient (Wildman–Crippen LogP) is 4.28. The number of nitrogens with one attached hydrogen (secondary N) is 1. The van der Waals surface area contributed by atoms with Crippen LogP contribution in [0.4, 0.5) is 5.69 Å². The molecule has 3 rings (SSSR count). The third-order valence-electron chi connectivity index (χ3n) is 4.70. The molecule has 0 aromatic heterocycles. The Morgan fingerprint density at radius 2 is 1.90 bits per heavy atom. The molecule has 1 aromatic rings. The van der Waals surface area contributed by atoms with Crippen LogP contribution >= 0.6 is 12.2 Å². The molecule has 1 aromatic carbocycles. The van der Waals surface area contributed by atoms with E-state index >= 15 is 0 Å². The molecule has 3 heteroatoms. The highest BCUT2D eigenvalue weighted by atomic mass is 32.1. The highest BCUT2D eigenvalue weighted by Gasteiger charge is 2.50. The van der Waals surface area contributed by atoms with E-state index in [-0.39, 0.29) is 0 Å². The number of hydrogen-bond donors (Lipinski definition) is 1. The summed E-state index contributed by atoms with van der Waals surface area (Å²) in [6, 6.07) is 10.9. The summed E-state index contributed by atoms with van der Waals surface area (Å²) in [7, 11) is 0. The Morgan fingerprint density at radius 1 is 1.20 bits per heavy atom. The van der Waals surface area contributed by atoms with Crippen molar-refractivity contribution in [3.05, 3.63) is 30.3 Å². The Labute approximate surface area is 127 Å². The number of anilines is 1. The molecule has 2 nitrogen and oxygen atoms in total. The molecule has 1 heterocycles. The van der Waals surface area contributed by atoms with Crippen molar-refractivity contribution < 1.29 is 0 Å². The summed E-state index contributed by atoms with van der Waals surface area (Å²) in [5.74, 6) is 0. The monoisotopic (exact) mass is 288 g/mol. The van der Waals surface area contributed by atoms with E-state index in [1.807, 2.05) is 18.2 Å². The Kier molecular flexibility index (Phi) is 3.28. The molecule has 2 fully saturated rings. The van der Waals surface area contributed by atoms with E-state index in [1.54, 1.807) is 0 Å². The molecule has 0 unspecified atom stereocenters. The van der Waals surface area contributed by atoms with E-state index in [1.165, 1.54) is 19.3 Å². The van der Waals surface area contributed by atoms with Crippen molar-refractivity contribution in [2.24, 2.45) is 10.8 Å². The van der Waals surface area contributed by atoms with E-state index in [2.05, 4.69) is 43.1 Å². The zero-order valence-corrected chi connectivity index (χ0v) is 13.5. The van der Waals surface area contributed by atoms with Gasteiger partial charge in [0, 0.05) is 18.3 Å². The van der Waals surface area contributed by atoms with Gasteiger partial charge in [0.25, 0.3) is 0 Å². The van der Waals surface area contributed by atoms with Gasteiger partial charge in [0.05, 0.1) is 0 Å². The van der Waals surface area contributed by atoms with Gasteiger partial charge in [-0.05, 0) is 54.4 Å².